The number of carbonyl (C=O) groups excluding carboxylic acids is 1. The van der Waals surface area contributed by atoms with E-state index in [0.717, 1.165) is 0 Å². The maximum Gasteiger partial charge on any atom is 0.414 e. The first-order chi connectivity index (χ1) is 12.4. The molecule has 11 heteroatoms. The van der Waals surface area contributed by atoms with E-state index >= 15 is 0 Å². The normalized spacial score (nSPS) is 12.6. The first-order valence-corrected chi connectivity index (χ1v) is 7.72. The Kier molecular flexibility index (Phi) is 5.34. The molecule has 0 spiro atoms. The fourth-order valence-electron chi connectivity index (χ4n) is 1.85. The van der Waals surface area contributed by atoms with Gasteiger partial charge in [-0.25, -0.2) is 9.69 Å². The average Bonchev–Trinajstić information content (AvgIpc) is 2.60. The molecule has 1 heterocycles. The molecule has 1 aromatic carbocycles. The van der Waals surface area contributed by atoms with Gasteiger partial charge < -0.3 is 4.74 Å². The van der Waals surface area contributed by atoms with Crippen LogP contribution in [0.1, 0.15) is 26.6 Å². The minimum absolute atomic E-state index is 0.112. The maximum atomic E-state index is 14.3. The van der Waals surface area contributed by atoms with Crippen LogP contribution in [0.2, 0.25) is 0 Å². The summed E-state index contributed by atoms with van der Waals surface area (Å²) in [5.74, 6) is -6.69. The summed E-state index contributed by atoms with van der Waals surface area (Å²) in [7, 11) is 0.487. The van der Waals surface area contributed by atoms with Gasteiger partial charge in [-0.1, -0.05) is 30.3 Å². The van der Waals surface area contributed by atoms with Crippen LogP contribution in [0.15, 0.2) is 30.3 Å². The second-order valence-electron chi connectivity index (χ2n) is 6.57. The molecule has 0 radical (unpaired) electrons. The van der Waals surface area contributed by atoms with Crippen molar-refractivity contribution in [2.45, 2.75) is 38.3 Å². The molecule has 2 aromatic rings. The summed E-state index contributed by atoms with van der Waals surface area (Å²) in [6.45, 7) is 4.23. The fraction of sp³-hybridized carbons (Fsp3) is 0.438. The molecule has 0 atom stereocenters. The van der Waals surface area contributed by atoms with Gasteiger partial charge in [-0.3, -0.25) is 0 Å². The van der Waals surface area contributed by atoms with Gasteiger partial charge in [-0.2, -0.15) is 17.6 Å². The smallest absolute Gasteiger partial charge is 0.414 e. The predicted molar refractivity (Wildman–Crippen MR) is 85.9 cm³/mol. The third-order valence-electron chi connectivity index (χ3n) is 3.26. The lowest BCUT2D eigenvalue weighted by Gasteiger charge is -2.33. The van der Waals surface area contributed by atoms with E-state index in [9.17, 15) is 22.4 Å². The largest absolute Gasteiger partial charge is 0.444 e. The van der Waals surface area contributed by atoms with Crippen molar-refractivity contribution in [2.75, 3.05) is 7.05 Å². The minimum Gasteiger partial charge on any atom is -0.444 e. The molecule has 0 bridgehead atoms. The monoisotopic (exact) mass is 387 g/mol. The van der Waals surface area contributed by atoms with Crippen molar-refractivity contribution >= 4 is 6.09 Å². The summed E-state index contributed by atoms with van der Waals surface area (Å²) in [4.78, 5) is 11.2. The molecule has 0 N–H and O–H groups in total. The molecule has 0 saturated heterocycles. The first-order valence-electron chi connectivity index (χ1n) is 7.72. The molecule has 1 aromatic heterocycles. The Hall–Kier alpha value is -2.85. The van der Waals surface area contributed by atoms with Gasteiger partial charge in [0.15, 0.2) is 0 Å². The minimum atomic E-state index is -4.98. The Labute approximate surface area is 152 Å². The van der Waals surface area contributed by atoms with Gasteiger partial charge in [0.05, 0.1) is 0 Å². The Morgan fingerprint density at radius 1 is 0.963 bits per heavy atom. The summed E-state index contributed by atoms with van der Waals surface area (Å²) in [5.41, 5.74) is -0.724. The molecule has 0 aliphatic rings. The highest BCUT2D eigenvalue weighted by atomic mass is 19.3. The Bertz CT molecular complexity index is 795. The second-order valence-corrected chi connectivity index (χ2v) is 6.57. The number of nitrogens with zero attached hydrogens (tertiary/aromatic N) is 5. The number of likely N-dealkylation sites (N-methyl/N-ethyl adjacent to an activating group) is 1. The van der Waals surface area contributed by atoms with E-state index in [-0.39, 0.29) is 5.82 Å². The molecule has 1 amide bonds. The topological polar surface area (TPSA) is 81.1 Å². The zero-order chi connectivity index (χ0) is 20.5. The highest BCUT2D eigenvalue weighted by Crippen LogP contribution is 2.43. The number of ether oxygens (including phenoxy) is 1. The van der Waals surface area contributed by atoms with Gasteiger partial charge >= 0.3 is 18.1 Å². The van der Waals surface area contributed by atoms with E-state index in [1.165, 1.54) is 20.8 Å². The summed E-state index contributed by atoms with van der Waals surface area (Å²) in [5, 5.41) is 13.0. The molecular weight excluding hydrogens is 370 g/mol. The number of alkyl halides is 4. The highest BCUT2D eigenvalue weighted by Gasteiger charge is 2.65. The summed E-state index contributed by atoms with van der Waals surface area (Å²) < 4.78 is 61.8. The molecule has 0 unspecified atom stereocenters. The Morgan fingerprint density at radius 2 is 1.48 bits per heavy atom. The Morgan fingerprint density at radius 3 is 1.96 bits per heavy atom. The number of hydrogen-bond donors (Lipinski definition) is 0. The number of carbonyl (C=O) groups is 1. The fourth-order valence-corrected chi connectivity index (χ4v) is 1.85. The number of aromatic nitrogens is 4. The molecule has 0 fully saturated rings. The van der Waals surface area contributed by atoms with Gasteiger partial charge in [0, 0.05) is 12.6 Å². The first kappa shape index (κ1) is 20.5. The van der Waals surface area contributed by atoms with Crippen LogP contribution in [0.5, 0.6) is 0 Å². The van der Waals surface area contributed by atoms with Crippen molar-refractivity contribution in [2.24, 2.45) is 0 Å². The second kappa shape index (κ2) is 7.05. The van der Waals surface area contributed by atoms with Crippen LogP contribution in [0, 0.1) is 0 Å². The van der Waals surface area contributed by atoms with Crippen molar-refractivity contribution in [1.82, 2.24) is 25.3 Å². The lowest BCUT2D eigenvalue weighted by Crippen LogP contribution is -2.55. The molecular formula is C16H17F4N5O2. The van der Waals surface area contributed by atoms with E-state index in [0.29, 0.717) is 12.6 Å². The van der Waals surface area contributed by atoms with E-state index in [1.54, 1.807) is 30.3 Å². The molecule has 146 valence electrons. The number of amides is 1. The summed E-state index contributed by atoms with van der Waals surface area (Å²) in [6.07, 6.45) is -1.63. The zero-order valence-electron chi connectivity index (χ0n) is 15.0. The van der Waals surface area contributed by atoms with E-state index in [2.05, 4.69) is 20.4 Å². The molecule has 0 aliphatic heterocycles. The average molecular weight is 387 g/mol. The van der Waals surface area contributed by atoms with Gasteiger partial charge in [0.1, 0.15) is 5.60 Å². The van der Waals surface area contributed by atoms with E-state index in [1.807, 2.05) is 0 Å². The standard InChI is InChI=1S/C16H17F4N5O2/c1-14(2,3)27-13(26)25(4)16(19,20)15(17,18)12-23-21-11(22-24-12)10-8-6-5-7-9-10/h5-9H,1-4H3. The quantitative estimate of drug-likeness (QED) is 0.590. The van der Waals surface area contributed by atoms with Crippen molar-refractivity contribution < 1.29 is 27.1 Å². The molecule has 27 heavy (non-hydrogen) atoms. The predicted octanol–water partition coefficient (Wildman–Crippen LogP) is 3.49. The molecule has 2 rings (SSSR count). The third-order valence-corrected chi connectivity index (χ3v) is 3.26. The molecule has 0 saturated carbocycles. The van der Waals surface area contributed by atoms with Crippen LogP contribution in [-0.4, -0.2) is 50.1 Å². The van der Waals surface area contributed by atoms with E-state index < -0.39 is 34.4 Å². The number of hydrogen-bond acceptors (Lipinski definition) is 6. The highest BCUT2D eigenvalue weighted by molar-refractivity contribution is 5.68. The molecule has 0 aliphatic carbocycles. The van der Waals surface area contributed by atoms with Gasteiger partial charge in [0.25, 0.3) is 5.82 Å². The Balaban J connectivity index is 2.28. The zero-order valence-corrected chi connectivity index (χ0v) is 15.0. The number of halogens is 4. The van der Waals surface area contributed by atoms with Gasteiger partial charge in [-0.15, -0.1) is 20.4 Å². The van der Waals surface area contributed by atoms with Crippen molar-refractivity contribution in [1.29, 1.82) is 0 Å². The van der Waals surface area contributed by atoms with Crippen LogP contribution < -0.4 is 0 Å². The van der Waals surface area contributed by atoms with Crippen molar-refractivity contribution in [3.05, 3.63) is 36.2 Å². The van der Waals surface area contributed by atoms with Gasteiger partial charge in [0.2, 0.25) is 5.82 Å². The van der Waals surface area contributed by atoms with Crippen LogP contribution in [0.3, 0.4) is 0 Å². The van der Waals surface area contributed by atoms with Crippen molar-refractivity contribution in [3.8, 4) is 11.4 Å². The van der Waals surface area contributed by atoms with Crippen LogP contribution >= 0.6 is 0 Å². The van der Waals surface area contributed by atoms with Crippen LogP contribution in [0.4, 0.5) is 22.4 Å². The van der Waals surface area contributed by atoms with E-state index in [4.69, 9.17) is 4.74 Å². The number of benzene rings is 1. The van der Waals surface area contributed by atoms with Crippen LogP contribution in [-0.2, 0) is 10.7 Å². The van der Waals surface area contributed by atoms with Crippen LogP contribution in [0.25, 0.3) is 11.4 Å². The summed E-state index contributed by atoms with van der Waals surface area (Å²) in [6, 6.07) is 3.16. The van der Waals surface area contributed by atoms with Gasteiger partial charge in [-0.05, 0) is 20.8 Å². The lowest BCUT2D eigenvalue weighted by molar-refractivity contribution is -0.281. The molecule has 7 nitrogen and oxygen atoms in total. The number of rotatable bonds is 4. The van der Waals surface area contributed by atoms with Crippen molar-refractivity contribution in [3.63, 3.8) is 0 Å². The lowest BCUT2D eigenvalue weighted by atomic mass is 10.2. The summed E-state index contributed by atoms with van der Waals surface area (Å²) >= 11 is 0. The third kappa shape index (κ3) is 4.29. The maximum absolute atomic E-state index is 14.3. The SMILES string of the molecule is CN(C(=O)OC(C)(C)C)C(F)(F)C(F)(F)c1nnc(-c2ccccc2)nn1.